The fraction of sp³-hybridized carbons (Fsp3) is 0.190. The molecule has 0 saturated carbocycles. The van der Waals surface area contributed by atoms with E-state index in [0.717, 1.165) is 11.1 Å². The number of allylic oxidation sites excluding steroid dienone is 4. The van der Waals surface area contributed by atoms with Gasteiger partial charge in [0.05, 0.1) is 17.8 Å². The molecule has 3 N–H and O–H groups in total. The van der Waals surface area contributed by atoms with E-state index in [1.165, 1.54) is 6.33 Å². The van der Waals surface area contributed by atoms with Gasteiger partial charge < -0.3 is 20.0 Å². The Morgan fingerprint density at radius 2 is 2.14 bits per heavy atom. The molecule has 0 bridgehead atoms. The first kappa shape index (κ1) is 17.9. The van der Waals surface area contributed by atoms with Crippen LogP contribution in [-0.4, -0.2) is 32.2 Å². The van der Waals surface area contributed by atoms with Crippen LogP contribution in [0.3, 0.4) is 0 Å². The molecule has 0 aliphatic heterocycles. The summed E-state index contributed by atoms with van der Waals surface area (Å²) in [5.41, 5.74) is 2.46. The molecule has 1 aliphatic rings. The molecule has 2 aromatic heterocycles. The number of nitrogens with one attached hydrogen (secondary N) is 2. The van der Waals surface area contributed by atoms with Crippen molar-refractivity contribution in [3.05, 3.63) is 71.4 Å². The molecule has 0 spiro atoms. The number of rotatable bonds is 4. The number of nitrogens with zero attached hydrogens (tertiary/aromatic N) is 2. The van der Waals surface area contributed by atoms with Crippen LogP contribution in [0.1, 0.15) is 13.0 Å². The van der Waals surface area contributed by atoms with Crippen LogP contribution in [0, 0.1) is 5.92 Å². The van der Waals surface area contributed by atoms with Crippen LogP contribution in [0.15, 0.2) is 65.9 Å². The number of amides is 1. The Hall–Kier alpha value is -3.45. The summed E-state index contributed by atoms with van der Waals surface area (Å²) in [6, 6.07) is 7.23. The maximum absolute atomic E-state index is 12.6. The maximum Gasteiger partial charge on any atom is 0.260 e. The van der Waals surface area contributed by atoms with Crippen molar-refractivity contribution in [1.82, 2.24) is 14.5 Å². The molecule has 3 aromatic rings. The summed E-state index contributed by atoms with van der Waals surface area (Å²) in [6.07, 6.45) is 11.6. The molecule has 7 heteroatoms. The molecule has 1 amide bonds. The smallest absolute Gasteiger partial charge is 0.260 e. The van der Waals surface area contributed by atoms with Crippen LogP contribution < -0.4 is 10.9 Å². The fourth-order valence-electron chi connectivity index (χ4n) is 3.56. The number of H-pyrrole nitrogens is 1. The van der Waals surface area contributed by atoms with Crippen molar-refractivity contribution in [2.75, 3.05) is 11.9 Å². The van der Waals surface area contributed by atoms with Gasteiger partial charge in [-0.05, 0) is 23.6 Å². The van der Waals surface area contributed by atoms with Gasteiger partial charge in [0.1, 0.15) is 12.3 Å². The second kappa shape index (κ2) is 7.28. The van der Waals surface area contributed by atoms with Crippen LogP contribution in [0.5, 0.6) is 0 Å². The van der Waals surface area contributed by atoms with Gasteiger partial charge in [-0.1, -0.05) is 43.4 Å². The van der Waals surface area contributed by atoms with Crippen molar-refractivity contribution in [3.8, 4) is 11.1 Å². The van der Waals surface area contributed by atoms with E-state index in [-0.39, 0.29) is 17.5 Å². The van der Waals surface area contributed by atoms with Gasteiger partial charge in [-0.15, -0.1) is 0 Å². The third kappa shape index (κ3) is 3.16. The van der Waals surface area contributed by atoms with Gasteiger partial charge >= 0.3 is 0 Å². The number of benzene rings is 1. The number of fused-ring (bicyclic) bond motifs is 1. The molecule has 142 valence electrons. The molecule has 0 fully saturated rings. The largest absolute Gasteiger partial charge is 0.387 e. The van der Waals surface area contributed by atoms with E-state index in [0.29, 0.717) is 16.7 Å². The third-order valence-electron chi connectivity index (χ3n) is 4.91. The minimum absolute atomic E-state index is 0.0489. The Morgan fingerprint density at radius 1 is 1.32 bits per heavy atom. The number of hydrogen-bond acceptors (Lipinski definition) is 4. The van der Waals surface area contributed by atoms with Crippen molar-refractivity contribution >= 4 is 22.6 Å². The van der Waals surface area contributed by atoms with Gasteiger partial charge in [0.2, 0.25) is 5.91 Å². The molecule has 0 radical (unpaired) electrons. The number of carbonyl (C=O) groups excluding carboxylic acids is 1. The van der Waals surface area contributed by atoms with E-state index >= 15 is 0 Å². The first-order valence-electron chi connectivity index (χ1n) is 9.03. The maximum atomic E-state index is 12.6. The Bertz CT molecular complexity index is 1160. The monoisotopic (exact) mass is 376 g/mol. The van der Waals surface area contributed by atoms with Gasteiger partial charge in [-0.3, -0.25) is 9.59 Å². The molecular weight excluding hydrogens is 356 g/mol. The number of hydrogen-bond donors (Lipinski definition) is 3. The van der Waals surface area contributed by atoms with Crippen molar-refractivity contribution in [2.45, 2.75) is 13.0 Å². The highest BCUT2D eigenvalue weighted by Crippen LogP contribution is 2.34. The zero-order chi connectivity index (χ0) is 19.7. The minimum Gasteiger partial charge on any atom is -0.387 e. The molecule has 2 unspecified atom stereocenters. The van der Waals surface area contributed by atoms with E-state index in [9.17, 15) is 9.59 Å². The second-order valence-electron chi connectivity index (χ2n) is 6.79. The molecule has 1 aromatic carbocycles. The highest BCUT2D eigenvalue weighted by molar-refractivity contribution is 5.96. The first-order chi connectivity index (χ1) is 13.6. The van der Waals surface area contributed by atoms with Crippen molar-refractivity contribution in [2.24, 2.45) is 5.92 Å². The van der Waals surface area contributed by atoms with E-state index in [2.05, 4.69) is 34.4 Å². The molecule has 1 aliphatic carbocycles. The number of aromatic nitrogens is 3. The van der Waals surface area contributed by atoms with E-state index in [1.807, 2.05) is 29.0 Å². The van der Waals surface area contributed by atoms with Crippen LogP contribution >= 0.6 is 0 Å². The molecule has 28 heavy (non-hydrogen) atoms. The van der Waals surface area contributed by atoms with E-state index in [4.69, 9.17) is 5.11 Å². The van der Waals surface area contributed by atoms with Gasteiger partial charge in [0, 0.05) is 17.4 Å². The Kier molecular flexibility index (Phi) is 4.67. The summed E-state index contributed by atoms with van der Waals surface area (Å²) < 4.78 is 2.02. The lowest BCUT2D eigenvalue weighted by Crippen LogP contribution is -2.16. The normalized spacial score (nSPS) is 18.5. The predicted octanol–water partition coefficient (Wildman–Crippen LogP) is 2.63. The van der Waals surface area contributed by atoms with E-state index < -0.39 is 12.5 Å². The van der Waals surface area contributed by atoms with Crippen LogP contribution in [0.25, 0.3) is 22.2 Å². The highest BCUT2D eigenvalue weighted by atomic mass is 16.3. The summed E-state index contributed by atoms with van der Waals surface area (Å²) >= 11 is 0. The van der Waals surface area contributed by atoms with Crippen LogP contribution in [0.4, 0.5) is 5.69 Å². The highest BCUT2D eigenvalue weighted by Gasteiger charge is 2.22. The standard InChI is InChI=1S/C21H20N4O3/c1-13-5-2-3-8-17(13)25-10-16(19-20(25)22-12-23-21(19)28)14-6-4-7-15(9-14)24-18(27)11-26/h2-10,12-13,17,26H,11H2,1H3,(H,24,27)(H,22,23,28). The Balaban J connectivity index is 1.88. The van der Waals surface area contributed by atoms with Gasteiger partial charge in [-0.25, -0.2) is 4.98 Å². The van der Waals surface area contributed by atoms with Gasteiger partial charge in [0.15, 0.2) is 0 Å². The summed E-state index contributed by atoms with van der Waals surface area (Å²) in [6.45, 7) is 1.53. The fourth-order valence-corrected chi connectivity index (χ4v) is 3.56. The number of aromatic amines is 1. The van der Waals surface area contributed by atoms with E-state index in [1.54, 1.807) is 18.2 Å². The topological polar surface area (TPSA) is 100 Å². The zero-order valence-corrected chi connectivity index (χ0v) is 15.3. The average Bonchev–Trinajstić information content (AvgIpc) is 3.09. The lowest BCUT2D eigenvalue weighted by molar-refractivity contribution is -0.118. The van der Waals surface area contributed by atoms with Crippen LogP contribution in [-0.2, 0) is 4.79 Å². The van der Waals surface area contributed by atoms with Crippen molar-refractivity contribution in [1.29, 1.82) is 0 Å². The summed E-state index contributed by atoms with van der Waals surface area (Å²) in [7, 11) is 0. The molecule has 7 nitrogen and oxygen atoms in total. The number of carbonyl (C=O) groups is 1. The molecule has 2 heterocycles. The summed E-state index contributed by atoms with van der Waals surface area (Å²) in [5.74, 6) is -0.239. The molecular formula is C21H20N4O3. The SMILES string of the molecule is CC1C=CC=CC1n1cc(-c2cccc(NC(=O)CO)c2)c2c(=O)[nH]cnc21. The average molecular weight is 376 g/mol. The predicted molar refractivity (Wildman–Crippen MR) is 108 cm³/mol. The molecule has 0 saturated heterocycles. The lowest BCUT2D eigenvalue weighted by atomic mass is 9.97. The number of aliphatic hydroxyl groups is 1. The van der Waals surface area contributed by atoms with Crippen LogP contribution in [0.2, 0.25) is 0 Å². The second-order valence-corrected chi connectivity index (χ2v) is 6.79. The molecule has 4 rings (SSSR count). The summed E-state index contributed by atoms with van der Waals surface area (Å²) in [5, 5.41) is 12.1. The minimum atomic E-state index is -0.591. The Morgan fingerprint density at radius 3 is 2.93 bits per heavy atom. The van der Waals surface area contributed by atoms with Crippen molar-refractivity contribution < 1.29 is 9.90 Å². The van der Waals surface area contributed by atoms with Crippen molar-refractivity contribution in [3.63, 3.8) is 0 Å². The summed E-state index contributed by atoms with van der Waals surface area (Å²) in [4.78, 5) is 31.2. The van der Waals surface area contributed by atoms with Gasteiger partial charge in [0.25, 0.3) is 5.56 Å². The van der Waals surface area contributed by atoms with Gasteiger partial charge in [-0.2, -0.15) is 0 Å². The number of anilines is 1. The quantitative estimate of drug-likeness (QED) is 0.652. The Labute approximate surface area is 161 Å². The number of aliphatic hydroxyl groups excluding tert-OH is 1. The third-order valence-corrected chi connectivity index (χ3v) is 4.91. The lowest BCUT2D eigenvalue weighted by Gasteiger charge is -2.22. The zero-order valence-electron chi connectivity index (χ0n) is 15.3. The molecule has 2 atom stereocenters. The first-order valence-corrected chi connectivity index (χ1v) is 9.03.